The summed E-state index contributed by atoms with van der Waals surface area (Å²) >= 11 is 0. The Morgan fingerprint density at radius 1 is 1.53 bits per heavy atom. The summed E-state index contributed by atoms with van der Waals surface area (Å²) in [5.41, 5.74) is 2.48. The fraction of sp³-hybridized carbons (Fsp3) is 0.538. The molecule has 0 saturated heterocycles. The molecule has 0 saturated carbocycles. The van der Waals surface area contributed by atoms with Gasteiger partial charge < -0.3 is 10.1 Å². The number of hydrogen-bond donors (Lipinski definition) is 1. The van der Waals surface area contributed by atoms with Crippen LogP contribution in [0.1, 0.15) is 30.2 Å². The number of aromatic nitrogens is 1. The van der Waals surface area contributed by atoms with Gasteiger partial charge in [-0.05, 0) is 31.9 Å². The van der Waals surface area contributed by atoms with E-state index in [1.54, 1.807) is 7.11 Å². The minimum Gasteiger partial charge on any atom is -0.383 e. The van der Waals surface area contributed by atoms with Gasteiger partial charge in [-0.2, -0.15) is 5.26 Å². The van der Waals surface area contributed by atoms with Crippen LogP contribution >= 0.6 is 0 Å². The van der Waals surface area contributed by atoms with E-state index in [-0.39, 0.29) is 6.04 Å². The molecule has 0 aliphatic rings. The van der Waals surface area contributed by atoms with Crippen molar-refractivity contribution in [3.8, 4) is 6.07 Å². The van der Waals surface area contributed by atoms with Crippen LogP contribution < -0.4 is 5.32 Å². The summed E-state index contributed by atoms with van der Waals surface area (Å²) in [5, 5.41) is 12.4. The largest absolute Gasteiger partial charge is 0.383 e. The van der Waals surface area contributed by atoms with Gasteiger partial charge in [0.15, 0.2) is 0 Å². The number of methoxy groups -OCH3 is 1. The van der Waals surface area contributed by atoms with E-state index in [1.807, 2.05) is 19.9 Å². The molecular formula is C13H19N3O. The van der Waals surface area contributed by atoms with Gasteiger partial charge in [0.25, 0.3) is 0 Å². The highest BCUT2D eigenvalue weighted by molar-refractivity contribution is 5.56. The second kappa shape index (κ2) is 6.21. The van der Waals surface area contributed by atoms with Crippen LogP contribution in [0, 0.1) is 25.2 Å². The van der Waals surface area contributed by atoms with Gasteiger partial charge in [-0.15, -0.1) is 0 Å². The fourth-order valence-electron chi connectivity index (χ4n) is 1.74. The van der Waals surface area contributed by atoms with Crippen LogP contribution in [0.4, 0.5) is 5.82 Å². The van der Waals surface area contributed by atoms with Crippen LogP contribution in [0.15, 0.2) is 6.07 Å². The molecule has 1 unspecified atom stereocenters. The first-order chi connectivity index (χ1) is 8.12. The van der Waals surface area contributed by atoms with E-state index in [9.17, 15) is 0 Å². The first-order valence-electron chi connectivity index (χ1n) is 5.76. The number of ether oxygens (including phenoxy) is 1. The van der Waals surface area contributed by atoms with Crippen LogP contribution in [0.5, 0.6) is 0 Å². The zero-order valence-corrected chi connectivity index (χ0v) is 10.9. The Morgan fingerprint density at radius 2 is 2.24 bits per heavy atom. The molecule has 1 rings (SSSR count). The van der Waals surface area contributed by atoms with E-state index in [1.165, 1.54) is 0 Å². The lowest BCUT2D eigenvalue weighted by molar-refractivity contribution is 0.184. The van der Waals surface area contributed by atoms with Gasteiger partial charge in [-0.25, -0.2) is 4.98 Å². The third-order valence-corrected chi connectivity index (χ3v) is 2.66. The first kappa shape index (κ1) is 13.5. The molecule has 0 fully saturated rings. The molecule has 17 heavy (non-hydrogen) atoms. The Bertz CT molecular complexity index is 423. The molecule has 0 bridgehead atoms. The first-order valence-corrected chi connectivity index (χ1v) is 5.76. The van der Waals surface area contributed by atoms with Crippen molar-refractivity contribution >= 4 is 5.82 Å². The van der Waals surface area contributed by atoms with Crippen molar-refractivity contribution in [2.75, 3.05) is 19.0 Å². The van der Waals surface area contributed by atoms with E-state index >= 15 is 0 Å². The highest BCUT2D eigenvalue weighted by atomic mass is 16.5. The van der Waals surface area contributed by atoms with Gasteiger partial charge in [0, 0.05) is 12.8 Å². The molecule has 0 aromatic carbocycles. The maximum absolute atomic E-state index is 9.14. The third-order valence-electron chi connectivity index (χ3n) is 2.66. The molecule has 4 heteroatoms. The van der Waals surface area contributed by atoms with E-state index in [0.29, 0.717) is 18.0 Å². The average Bonchev–Trinajstić information content (AvgIpc) is 2.28. The van der Waals surface area contributed by atoms with E-state index in [0.717, 1.165) is 17.7 Å². The standard InChI is InChI=1S/C13H19N3O/c1-5-11(8-17-4)16-13-12(7-14)9(2)6-10(3)15-13/h6,11H,5,8H2,1-4H3,(H,15,16). The van der Waals surface area contributed by atoms with Crippen LogP contribution in [0.3, 0.4) is 0 Å². The number of pyridine rings is 1. The van der Waals surface area contributed by atoms with Gasteiger partial charge in [0.1, 0.15) is 11.9 Å². The molecule has 0 aliphatic heterocycles. The van der Waals surface area contributed by atoms with Gasteiger partial charge in [0.05, 0.1) is 18.2 Å². The number of rotatable bonds is 5. The third kappa shape index (κ3) is 3.43. The van der Waals surface area contributed by atoms with Crippen LogP contribution in [-0.2, 0) is 4.74 Å². The van der Waals surface area contributed by atoms with Crippen LogP contribution in [-0.4, -0.2) is 24.7 Å². The Kier molecular flexibility index (Phi) is 4.92. The maximum Gasteiger partial charge on any atom is 0.144 e. The quantitative estimate of drug-likeness (QED) is 0.848. The van der Waals surface area contributed by atoms with Crippen molar-refractivity contribution < 1.29 is 4.74 Å². The number of hydrogen-bond acceptors (Lipinski definition) is 4. The Hall–Kier alpha value is -1.60. The summed E-state index contributed by atoms with van der Waals surface area (Å²) in [4.78, 5) is 4.39. The van der Waals surface area contributed by atoms with Gasteiger partial charge in [-0.1, -0.05) is 6.92 Å². The summed E-state index contributed by atoms with van der Waals surface area (Å²) in [6, 6.07) is 4.30. The lowest BCUT2D eigenvalue weighted by Gasteiger charge is -2.18. The molecule has 1 aromatic heterocycles. The molecule has 1 atom stereocenters. The predicted molar refractivity (Wildman–Crippen MR) is 68.0 cm³/mol. The highest BCUT2D eigenvalue weighted by Crippen LogP contribution is 2.18. The number of anilines is 1. The van der Waals surface area contributed by atoms with E-state index < -0.39 is 0 Å². The minimum atomic E-state index is 0.181. The molecular weight excluding hydrogens is 214 g/mol. The fourth-order valence-corrected chi connectivity index (χ4v) is 1.74. The molecule has 4 nitrogen and oxygen atoms in total. The Balaban J connectivity index is 3.00. The van der Waals surface area contributed by atoms with Crippen molar-refractivity contribution in [3.63, 3.8) is 0 Å². The summed E-state index contributed by atoms with van der Waals surface area (Å²) in [7, 11) is 1.67. The predicted octanol–water partition coefficient (Wildman–Crippen LogP) is 2.41. The van der Waals surface area contributed by atoms with Gasteiger partial charge in [0.2, 0.25) is 0 Å². The Morgan fingerprint density at radius 3 is 2.76 bits per heavy atom. The summed E-state index contributed by atoms with van der Waals surface area (Å²) in [6.45, 7) is 6.54. The van der Waals surface area contributed by atoms with Crippen LogP contribution in [0.2, 0.25) is 0 Å². The zero-order valence-electron chi connectivity index (χ0n) is 10.9. The van der Waals surface area contributed by atoms with Crippen molar-refractivity contribution in [2.45, 2.75) is 33.2 Å². The van der Waals surface area contributed by atoms with Crippen molar-refractivity contribution in [3.05, 3.63) is 22.9 Å². The van der Waals surface area contributed by atoms with Crippen molar-refractivity contribution in [1.29, 1.82) is 5.26 Å². The number of nitriles is 1. The van der Waals surface area contributed by atoms with Gasteiger partial charge >= 0.3 is 0 Å². The normalized spacial score (nSPS) is 11.9. The zero-order chi connectivity index (χ0) is 12.8. The number of aryl methyl sites for hydroxylation is 2. The van der Waals surface area contributed by atoms with Crippen LogP contribution in [0.25, 0.3) is 0 Å². The summed E-state index contributed by atoms with van der Waals surface area (Å²) < 4.78 is 5.13. The monoisotopic (exact) mass is 233 g/mol. The smallest absolute Gasteiger partial charge is 0.144 e. The molecule has 0 aliphatic carbocycles. The molecule has 0 amide bonds. The topological polar surface area (TPSA) is 57.9 Å². The number of nitrogens with one attached hydrogen (secondary N) is 1. The summed E-state index contributed by atoms with van der Waals surface area (Å²) in [5.74, 6) is 0.661. The molecule has 1 heterocycles. The van der Waals surface area contributed by atoms with E-state index in [2.05, 4.69) is 23.3 Å². The van der Waals surface area contributed by atoms with Gasteiger partial charge in [-0.3, -0.25) is 0 Å². The maximum atomic E-state index is 9.14. The average molecular weight is 233 g/mol. The minimum absolute atomic E-state index is 0.181. The lowest BCUT2D eigenvalue weighted by atomic mass is 10.1. The second-order valence-electron chi connectivity index (χ2n) is 4.12. The molecule has 0 spiro atoms. The van der Waals surface area contributed by atoms with Crippen molar-refractivity contribution in [2.24, 2.45) is 0 Å². The highest BCUT2D eigenvalue weighted by Gasteiger charge is 2.12. The Labute approximate surface area is 103 Å². The SMILES string of the molecule is CCC(COC)Nc1nc(C)cc(C)c1C#N. The molecule has 1 aromatic rings. The molecule has 1 N–H and O–H groups in total. The molecule has 0 radical (unpaired) electrons. The second-order valence-corrected chi connectivity index (χ2v) is 4.12. The molecule has 92 valence electrons. The summed E-state index contributed by atoms with van der Waals surface area (Å²) in [6.07, 6.45) is 0.924. The van der Waals surface area contributed by atoms with Crippen molar-refractivity contribution in [1.82, 2.24) is 4.98 Å². The lowest BCUT2D eigenvalue weighted by Crippen LogP contribution is -2.25. The number of nitrogens with zero attached hydrogens (tertiary/aromatic N) is 2. The van der Waals surface area contributed by atoms with E-state index in [4.69, 9.17) is 10.00 Å².